The highest BCUT2D eigenvalue weighted by Gasteiger charge is 2.32. The molecule has 0 aliphatic heterocycles. The largest absolute Gasteiger partial charge is 0.361 e. The van der Waals surface area contributed by atoms with E-state index in [1.165, 1.54) is 0 Å². The average molecular weight is 324 g/mol. The third kappa shape index (κ3) is 3.40. The zero-order chi connectivity index (χ0) is 16.9. The van der Waals surface area contributed by atoms with Crippen molar-refractivity contribution >= 4 is 22.7 Å². The van der Waals surface area contributed by atoms with Crippen molar-refractivity contribution in [1.82, 2.24) is 15.6 Å². The minimum absolute atomic E-state index is 0.000155. The number of aromatic amines is 1. The van der Waals surface area contributed by atoms with Gasteiger partial charge in [0.2, 0.25) is 5.91 Å². The molecule has 0 bridgehead atoms. The fourth-order valence-electron chi connectivity index (χ4n) is 3.32. The summed E-state index contributed by atoms with van der Waals surface area (Å²) < 4.78 is 0. The van der Waals surface area contributed by atoms with Crippen LogP contribution in [0.5, 0.6) is 0 Å². The number of rotatable bonds is 4. The maximum absolute atomic E-state index is 12.6. The van der Waals surface area contributed by atoms with E-state index < -0.39 is 0 Å². The van der Waals surface area contributed by atoms with Crippen molar-refractivity contribution < 1.29 is 9.59 Å². The summed E-state index contributed by atoms with van der Waals surface area (Å²) in [6.07, 6.45) is 5.31. The van der Waals surface area contributed by atoms with E-state index in [-0.39, 0.29) is 30.3 Å². The van der Waals surface area contributed by atoms with Crippen molar-refractivity contribution in [3.05, 3.63) is 36.0 Å². The summed E-state index contributed by atoms with van der Waals surface area (Å²) in [5.74, 6) is -0.585. The number of aromatic nitrogens is 1. The van der Waals surface area contributed by atoms with Crippen molar-refractivity contribution in [1.29, 1.82) is 5.26 Å². The van der Waals surface area contributed by atoms with E-state index in [1.54, 1.807) is 6.07 Å². The minimum Gasteiger partial charge on any atom is -0.361 e. The van der Waals surface area contributed by atoms with Gasteiger partial charge in [-0.1, -0.05) is 12.8 Å². The number of nitrogens with one attached hydrogen (secondary N) is 3. The van der Waals surface area contributed by atoms with Gasteiger partial charge in [0, 0.05) is 28.7 Å². The number of carbonyl (C=O) groups is 2. The van der Waals surface area contributed by atoms with Crippen LogP contribution < -0.4 is 10.6 Å². The zero-order valence-corrected chi connectivity index (χ0v) is 13.3. The summed E-state index contributed by atoms with van der Waals surface area (Å²) in [6.45, 7) is 0.000155. The molecular weight excluding hydrogens is 304 g/mol. The molecule has 3 N–H and O–H groups in total. The number of carbonyl (C=O) groups excluding carboxylic acids is 2. The number of hydrogen-bond donors (Lipinski definition) is 3. The first-order valence-electron chi connectivity index (χ1n) is 8.21. The van der Waals surface area contributed by atoms with Gasteiger partial charge in [0.15, 0.2) is 0 Å². The van der Waals surface area contributed by atoms with Crippen LogP contribution in [-0.2, 0) is 4.79 Å². The van der Waals surface area contributed by atoms with Gasteiger partial charge >= 0.3 is 0 Å². The molecule has 1 aliphatic carbocycles. The lowest BCUT2D eigenvalue weighted by Crippen LogP contribution is -2.48. The molecule has 0 radical (unpaired) electrons. The van der Waals surface area contributed by atoms with E-state index in [0.717, 1.165) is 36.6 Å². The maximum Gasteiger partial charge on any atom is 0.251 e. The van der Waals surface area contributed by atoms with Crippen molar-refractivity contribution in [2.45, 2.75) is 31.7 Å². The lowest BCUT2D eigenvalue weighted by atomic mass is 9.83. The zero-order valence-electron chi connectivity index (χ0n) is 13.3. The number of nitrogens with zero attached hydrogens (tertiary/aromatic N) is 1. The lowest BCUT2D eigenvalue weighted by Gasteiger charge is -2.31. The van der Waals surface area contributed by atoms with Gasteiger partial charge in [-0.05, 0) is 37.1 Å². The Morgan fingerprint density at radius 3 is 2.92 bits per heavy atom. The van der Waals surface area contributed by atoms with Crippen molar-refractivity contribution in [2.75, 3.05) is 6.54 Å². The Hall–Kier alpha value is -2.81. The Balaban J connectivity index is 1.70. The summed E-state index contributed by atoms with van der Waals surface area (Å²) >= 11 is 0. The van der Waals surface area contributed by atoms with Gasteiger partial charge < -0.3 is 15.6 Å². The highest BCUT2D eigenvalue weighted by molar-refractivity contribution is 5.98. The number of benzene rings is 1. The van der Waals surface area contributed by atoms with Crippen LogP contribution in [0.3, 0.4) is 0 Å². The van der Waals surface area contributed by atoms with E-state index >= 15 is 0 Å². The number of fused-ring (bicyclic) bond motifs is 1. The Bertz CT molecular complexity index is 790. The molecule has 1 fully saturated rings. The van der Waals surface area contributed by atoms with Crippen LogP contribution in [0.1, 0.15) is 36.0 Å². The first-order valence-corrected chi connectivity index (χ1v) is 8.21. The predicted octanol–water partition coefficient (Wildman–Crippen LogP) is 2.10. The molecule has 6 nitrogen and oxygen atoms in total. The molecule has 124 valence electrons. The van der Waals surface area contributed by atoms with E-state index in [9.17, 15) is 9.59 Å². The fraction of sp³-hybridized carbons (Fsp3) is 0.389. The van der Waals surface area contributed by atoms with Crippen LogP contribution in [0.25, 0.3) is 10.9 Å². The van der Waals surface area contributed by atoms with Crippen molar-refractivity contribution in [3.8, 4) is 6.07 Å². The Morgan fingerprint density at radius 1 is 1.25 bits per heavy atom. The Morgan fingerprint density at radius 2 is 2.08 bits per heavy atom. The van der Waals surface area contributed by atoms with E-state index in [0.29, 0.717) is 5.56 Å². The topological polar surface area (TPSA) is 97.8 Å². The van der Waals surface area contributed by atoms with Gasteiger partial charge in [0.1, 0.15) is 6.54 Å². The number of H-pyrrole nitrogens is 1. The Kier molecular flexibility index (Phi) is 4.80. The second-order valence-corrected chi connectivity index (χ2v) is 6.13. The van der Waals surface area contributed by atoms with Gasteiger partial charge in [0.05, 0.1) is 12.0 Å². The standard InChI is InChI=1S/C18H20N4O2/c19-8-10-21-18(24)14-3-1-2-4-16(14)22-17(23)13-5-6-15-12(11-13)7-9-20-15/h5-7,9,11,14,16,20H,1-4,10H2,(H,21,24)(H,22,23). The first-order chi connectivity index (χ1) is 11.7. The fourth-order valence-corrected chi connectivity index (χ4v) is 3.32. The highest BCUT2D eigenvalue weighted by Crippen LogP contribution is 2.25. The number of nitriles is 1. The van der Waals surface area contributed by atoms with Crippen molar-refractivity contribution in [3.63, 3.8) is 0 Å². The Labute approximate surface area is 140 Å². The van der Waals surface area contributed by atoms with Crippen molar-refractivity contribution in [2.24, 2.45) is 5.92 Å². The molecule has 1 aromatic heterocycles. The third-order valence-corrected chi connectivity index (χ3v) is 4.58. The normalized spacial score (nSPS) is 20.3. The molecule has 3 rings (SSSR count). The molecule has 2 aromatic rings. The predicted molar refractivity (Wildman–Crippen MR) is 90.1 cm³/mol. The van der Waals surface area contributed by atoms with Gasteiger partial charge in [-0.15, -0.1) is 0 Å². The van der Waals surface area contributed by atoms with Crippen LogP contribution in [0.15, 0.2) is 30.5 Å². The van der Waals surface area contributed by atoms with Crippen LogP contribution in [0.2, 0.25) is 0 Å². The molecule has 2 unspecified atom stereocenters. The monoisotopic (exact) mass is 324 g/mol. The maximum atomic E-state index is 12.6. The summed E-state index contributed by atoms with van der Waals surface area (Å²) in [5.41, 5.74) is 1.57. The molecule has 0 saturated heterocycles. The molecule has 1 aliphatic rings. The first kappa shape index (κ1) is 16.1. The molecule has 0 spiro atoms. The lowest BCUT2D eigenvalue weighted by molar-refractivity contribution is -0.126. The highest BCUT2D eigenvalue weighted by atomic mass is 16.2. The molecular formula is C18H20N4O2. The second kappa shape index (κ2) is 7.18. The molecule has 6 heteroatoms. The second-order valence-electron chi connectivity index (χ2n) is 6.13. The van der Waals surface area contributed by atoms with E-state index in [4.69, 9.17) is 5.26 Å². The van der Waals surface area contributed by atoms with Gasteiger partial charge in [-0.2, -0.15) is 5.26 Å². The number of hydrogen-bond acceptors (Lipinski definition) is 3. The molecule has 1 aromatic carbocycles. The van der Waals surface area contributed by atoms with Crippen LogP contribution in [0.4, 0.5) is 0 Å². The number of amides is 2. The summed E-state index contributed by atoms with van der Waals surface area (Å²) in [5, 5.41) is 15.2. The minimum atomic E-state index is -0.271. The molecule has 1 saturated carbocycles. The quantitative estimate of drug-likeness (QED) is 0.751. The smallest absolute Gasteiger partial charge is 0.251 e. The van der Waals surface area contributed by atoms with Gasteiger partial charge in [-0.3, -0.25) is 9.59 Å². The third-order valence-electron chi connectivity index (χ3n) is 4.58. The van der Waals surface area contributed by atoms with Gasteiger partial charge in [0.25, 0.3) is 5.91 Å². The van der Waals surface area contributed by atoms with E-state index in [2.05, 4.69) is 15.6 Å². The SMILES string of the molecule is N#CCNC(=O)C1CCCCC1NC(=O)c1ccc2[nH]ccc2c1. The van der Waals surface area contributed by atoms with Crippen LogP contribution in [0, 0.1) is 17.2 Å². The average Bonchev–Trinajstić information content (AvgIpc) is 3.07. The summed E-state index contributed by atoms with van der Waals surface area (Å²) in [7, 11) is 0. The van der Waals surface area contributed by atoms with Crippen LogP contribution in [-0.4, -0.2) is 29.4 Å². The summed E-state index contributed by atoms with van der Waals surface area (Å²) in [4.78, 5) is 27.9. The van der Waals surface area contributed by atoms with Crippen LogP contribution >= 0.6 is 0 Å². The molecule has 2 amide bonds. The molecule has 24 heavy (non-hydrogen) atoms. The molecule has 2 atom stereocenters. The van der Waals surface area contributed by atoms with Gasteiger partial charge in [-0.25, -0.2) is 0 Å². The van der Waals surface area contributed by atoms with E-state index in [1.807, 2.05) is 30.5 Å². The molecule has 1 heterocycles. The summed E-state index contributed by atoms with van der Waals surface area (Å²) in [6, 6.07) is 9.14.